The molecule has 5 heteroatoms. The maximum absolute atomic E-state index is 12.4. The smallest absolute Gasteiger partial charge is 0.241 e. The molecule has 0 bridgehead atoms. The molecule has 2 unspecified atom stereocenters. The molecular formula is C14H22N2O2S. The van der Waals surface area contributed by atoms with E-state index in [-0.39, 0.29) is 6.04 Å². The molecule has 0 heterocycles. The highest BCUT2D eigenvalue weighted by Crippen LogP contribution is 2.34. The monoisotopic (exact) mass is 282 g/mol. The van der Waals surface area contributed by atoms with Gasteiger partial charge in [-0.25, -0.2) is 13.1 Å². The first-order valence-corrected chi connectivity index (χ1v) is 8.20. The number of nitrogens with one attached hydrogen (secondary N) is 1. The Hall–Kier alpha value is -0.910. The van der Waals surface area contributed by atoms with Crippen LogP contribution in [0.4, 0.5) is 0 Å². The molecule has 1 aliphatic rings. The molecule has 0 spiro atoms. The van der Waals surface area contributed by atoms with Gasteiger partial charge in [0.25, 0.3) is 0 Å². The summed E-state index contributed by atoms with van der Waals surface area (Å²) in [7, 11) is -3.43. The van der Waals surface area contributed by atoms with Gasteiger partial charge < -0.3 is 5.73 Å². The van der Waals surface area contributed by atoms with Crippen LogP contribution in [0.1, 0.15) is 36.5 Å². The lowest BCUT2D eigenvalue weighted by molar-refractivity contribution is 0.575. The normalized spacial score (nSPS) is 22.5. The van der Waals surface area contributed by atoms with E-state index in [1.807, 2.05) is 19.9 Å². The van der Waals surface area contributed by atoms with E-state index < -0.39 is 10.0 Å². The van der Waals surface area contributed by atoms with Gasteiger partial charge in [-0.2, -0.15) is 0 Å². The predicted octanol–water partition coefficient (Wildman–Crippen LogP) is 1.84. The molecule has 0 aromatic heterocycles. The number of nitrogens with two attached hydrogens (primary N) is 1. The number of hydrogen-bond donors (Lipinski definition) is 2. The standard InChI is InChI=1S/C14H22N2O2S/c1-4-11-6-13(11)16-19(17,18)14-7-12(8-15)9(2)5-10(14)3/h5,7,11,13,16H,4,6,8,15H2,1-3H3. The van der Waals surface area contributed by atoms with Gasteiger partial charge in [-0.1, -0.05) is 19.4 Å². The Morgan fingerprint density at radius 2 is 2.00 bits per heavy atom. The summed E-state index contributed by atoms with van der Waals surface area (Å²) in [5.41, 5.74) is 8.35. The van der Waals surface area contributed by atoms with Gasteiger partial charge in [0, 0.05) is 12.6 Å². The second kappa shape index (κ2) is 5.23. The first-order valence-electron chi connectivity index (χ1n) is 6.71. The highest BCUT2D eigenvalue weighted by molar-refractivity contribution is 7.89. The van der Waals surface area contributed by atoms with Gasteiger partial charge >= 0.3 is 0 Å². The Morgan fingerprint density at radius 3 is 2.53 bits per heavy atom. The average molecular weight is 282 g/mol. The summed E-state index contributed by atoms with van der Waals surface area (Å²) in [6, 6.07) is 3.70. The molecule has 2 rings (SSSR count). The fraction of sp³-hybridized carbons (Fsp3) is 0.571. The zero-order valence-electron chi connectivity index (χ0n) is 11.7. The molecule has 19 heavy (non-hydrogen) atoms. The van der Waals surface area contributed by atoms with Crippen molar-refractivity contribution in [3.63, 3.8) is 0 Å². The number of hydrogen-bond acceptors (Lipinski definition) is 3. The molecule has 1 saturated carbocycles. The largest absolute Gasteiger partial charge is 0.326 e. The molecule has 1 aromatic carbocycles. The summed E-state index contributed by atoms with van der Waals surface area (Å²) < 4.78 is 27.6. The van der Waals surface area contributed by atoms with Crippen LogP contribution in [0.2, 0.25) is 0 Å². The predicted molar refractivity (Wildman–Crippen MR) is 76.3 cm³/mol. The van der Waals surface area contributed by atoms with Gasteiger partial charge in [0.2, 0.25) is 10.0 Å². The fourth-order valence-electron chi connectivity index (χ4n) is 2.49. The van der Waals surface area contributed by atoms with Crippen LogP contribution in [0, 0.1) is 19.8 Å². The third-order valence-corrected chi connectivity index (χ3v) is 5.53. The first-order chi connectivity index (χ1) is 8.89. The second-order valence-electron chi connectivity index (χ2n) is 5.38. The van der Waals surface area contributed by atoms with Gasteiger partial charge in [-0.15, -0.1) is 0 Å². The quantitative estimate of drug-likeness (QED) is 0.865. The van der Waals surface area contributed by atoms with Crippen LogP contribution in [-0.2, 0) is 16.6 Å². The third-order valence-electron chi connectivity index (χ3n) is 3.90. The Morgan fingerprint density at radius 1 is 1.32 bits per heavy atom. The minimum Gasteiger partial charge on any atom is -0.326 e. The van der Waals surface area contributed by atoms with Crippen molar-refractivity contribution < 1.29 is 8.42 Å². The molecule has 0 aliphatic heterocycles. The van der Waals surface area contributed by atoms with Gasteiger partial charge in [0.1, 0.15) is 0 Å². The first kappa shape index (κ1) is 14.5. The SMILES string of the molecule is CCC1CC1NS(=O)(=O)c1cc(CN)c(C)cc1C. The van der Waals surface area contributed by atoms with Crippen molar-refractivity contribution in [2.24, 2.45) is 11.7 Å². The van der Waals surface area contributed by atoms with Crippen LogP contribution in [0.5, 0.6) is 0 Å². The van der Waals surface area contributed by atoms with Crippen molar-refractivity contribution in [1.29, 1.82) is 0 Å². The Labute approximate surface area is 115 Å². The van der Waals surface area contributed by atoms with E-state index in [1.54, 1.807) is 6.07 Å². The third kappa shape index (κ3) is 2.99. The number of sulfonamides is 1. The Bertz CT molecular complexity index is 581. The van der Waals surface area contributed by atoms with Crippen molar-refractivity contribution in [1.82, 2.24) is 4.72 Å². The summed E-state index contributed by atoms with van der Waals surface area (Å²) in [5, 5.41) is 0. The van der Waals surface area contributed by atoms with Gasteiger partial charge in [-0.3, -0.25) is 0 Å². The van der Waals surface area contributed by atoms with E-state index >= 15 is 0 Å². The fourth-order valence-corrected chi connectivity index (χ4v) is 4.08. The molecule has 1 aromatic rings. The molecule has 0 radical (unpaired) electrons. The van der Waals surface area contributed by atoms with E-state index in [2.05, 4.69) is 11.6 Å². The second-order valence-corrected chi connectivity index (χ2v) is 7.06. The maximum atomic E-state index is 12.4. The molecular weight excluding hydrogens is 260 g/mol. The van der Waals surface area contributed by atoms with E-state index in [0.29, 0.717) is 17.4 Å². The molecule has 1 aliphatic carbocycles. The van der Waals surface area contributed by atoms with Crippen LogP contribution < -0.4 is 10.5 Å². The van der Waals surface area contributed by atoms with E-state index in [4.69, 9.17) is 5.73 Å². The van der Waals surface area contributed by atoms with Crippen LogP contribution in [0.15, 0.2) is 17.0 Å². The van der Waals surface area contributed by atoms with Crippen LogP contribution in [0.25, 0.3) is 0 Å². The highest BCUT2D eigenvalue weighted by atomic mass is 32.2. The zero-order chi connectivity index (χ0) is 14.2. The minimum atomic E-state index is -3.43. The molecule has 3 N–H and O–H groups in total. The Kier molecular flexibility index (Phi) is 3.99. The highest BCUT2D eigenvalue weighted by Gasteiger charge is 2.38. The molecule has 0 amide bonds. The molecule has 0 saturated heterocycles. The van der Waals surface area contributed by atoms with E-state index in [1.165, 1.54) is 0 Å². The summed E-state index contributed by atoms with van der Waals surface area (Å²) in [6.07, 6.45) is 1.97. The van der Waals surface area contributed by atoms with Gasteiger partial charge in [0.05, 0.1) is 4.90 Å². The van der Waals surface area contributed by atoms with E-state index in [9.17, 15) is 8.42 Å². The van der Waals surface area contributed by atoms with Gasteiger partial charge in [-0.05, 0) is 48.9 Å². The zero-order valence-corrected chi connectivity index (χ0v) is 12.5. The van der Waals surface area contributed by atoms with Crippen LogP contribution >= 0.6 is 0 Å². The van der Waals surface area contributed by atoms with Gasteiger partial charge in [0.15, 0.2) is 0 Å². The van der Waals surface area contributed by atoms with E-state index in [0.717, 1.165) is 29.5 Å². The summed E-state index contributed by atoms with van der Waals surface area (Å²) in [5.74, 6) is 0.495. The molecule has 106 valence electrons. The number of aryl methyl sites for hydroxylation is 2. The van der Waals surface area contributed by atoms with Crippen molar-refractivity contribution in [2.45, 2.75) is 51.1 Å². The van der Waals surface area contributed by atoms with Crippen molar-refractivity contribution in [3.8, 4) is 0 Å². The lowest BCUT2D eigenvalue weighted by Crippen LogP contribution is -2.28. The summed E-state index contributed by atoms with van der Waals surface area (Å²) in [4.78, 5) is 0.361. The van der Waals surface area contributed by atoms with Crippen LogP contribution in [0.3, 0.4) is 0 Å². The van der Waals surface area contributed by atoms with Crippen molar-refractivity contribution >= 4 is 10.0 Å². The summed E-state index contributed by atoms with van der Waals surface area (Å²) >= 11 is 0. The molecule has 2 atom stereocenters. The van der Waals surface area contributed by atoms with Crippen LogP contribution in [-0.4, -0.2) is 14.5 Å². The topological polar surface area (TPSA) is 72.2 Å². The minimum absolute atomic E-state index is 0.108. The summed E-state index contributed by atoms with van der Waals surface area (Å²) in [6.45, 7) is 6.22. The average Bonchev–Trinajstić information content (AvgIpc) is 3.06. The number of benzene rings is 1. The number of rotatable bonds is 5. The molecule has 1 fully saturated rings. The van der Waals surface area contributed by atoms with Crippen molar-refractivity contribution in [2.75, 3.05) is 0 Å². The maximum Gasteiger partial charge on any atom is 0.241 e. The lowest BCUT2D eigenvalue weighted by Gasteiger charge is -2.12. The molecule has 4 nitrogen and oxygen atoms in total. The Balaban J connectivity index is 2.30. The lowest BCUT2D eigenvalue weighted by atomic mass is 10.1. The van der Waals surface area contributed by atoms with Crippen molar-refractivity contribution in [3.05, 3.63) is 28.8 Å².